The molecule has 1 amide bonds. The lowest BCUT2D eigenvalue weighted by atomic mass is 10.1. The third-order valence-corrected chi connectivity index (χ3v) is 3.94. The topological polar surface area (TPSA) is 69.2 Å². The maximum atomic E-state index is 11.9. The molecule has 1 fully saturated rings. The van der Waals surface area contributed by atoms with E-state index in [4.69, 9.17) is 4.74 Å². The lowest BCUT2D eigenvalue weighted by molar-refractivity contribution is 0.00701. The van der Waals surface area contributed by atoms with Crippen LogP contribution in [0, 0.1) is 0 Å². The van der Waals surface area contributed by atoms with Crippen LogP contribution in [-0.4, -0.2) is 79.8 Å². The zero-order valence-electron chi connectivity index (χ0n) is 16.2. The smallest absolute Gasteiger partial charge is 0.410 e. The molecule has 0 bridgehead atoms. The van der Waals surface area contributed by atoms with Gasteiger partial charge in [0, 0.05) is 26.7 Å². The first-order chi connectivity index (χ1) is 11.3. The van der Waals surface area contributed by atoms with Gasteiger partial charge >= 0.3 is 6.09 Å². The molecule has 0 radical (unpaired) electrons. The van der Waals surface area contributed by atoms with Crippen molar-refractivity contribution in [2.24, 2.45) is 4.99 Å². The predicted octanol–water partition coefficient (Wildman–Crippen LogP) is 1.50. The highest BCUT2D eigenvalue weighted by molar-refractivity contribution is 5.80. The van der Waals surface area contributed by atoms with Crippen molar-refractivity contribution in [1.82, 2.24) is 20.4 Å². The van der Waals surface area contributed by atoms with Gasteiger partial charge in [0.25, 0.3) is 0 Å². The monoisotopic (exact) mass is 341 g/mol. The minimum absolute atomic E-state index is 0.228. The van der Waals surface area contributed by atoms with Crippen molar-refractivity contribution >= 4 is 12.1 Å². The molecule has 7 nitrogen and oxygen atoms in total. The fraction of sp³-hybridized carbons (Fsp3) is 0.882. The van der Waals surface area contributed by atoms with Crippen molar-refractivity contribution in [1.29, 1.82) is 0 Å². The van der Waals surface area contributed by atoms with Gasteiger partial charge in [-0.2, -0.15) is 0 Å². The molecule has 0 aromatic rings. The first-order valence-corrected chi connectivity index (χ1v) is 8.96. The van der Waals surface area contributed by atoms with Crippen molar-refractivity contribution in [3.8, 4) is 0 Å². The minimum Gasteiger partial charge on any atom is -0.444 e. The summed E-state index contributed by atoms with van der Waals surface area (Å²) in [6.45, 7) is 15.5. The van der Waals surface area contributed by atoms with E-state index in [1.807, 2.05) is 20.8 Å². The van der Waals surface area contributed by atoms with Crippen LogP contribution in [0.5, 0.6) is 0 Å². The van der Waals surface area contributed by atoms with Gasteiger partial charge in [0.1, 0.15) is 5.60 Å². The van der Waals surface area contributed by atoms with Gasteiger partial charge in [-0.15, -0.1) is 0 Å². The number of ether oxygens (including phenoxy) is 1. The molecule has 0 unspecified atom stereocenters. The van der Waals surface area contributed by atoms with Gasteiger partial charge in [0.15, 0.2) is 5.96 Å². The van der Waals surface area contributed by atoms with Gasteiger partial charge in [0.2, 0.25) is 0 Å². The number of amides is 1. The number of carbonyl (C=O) groups is 1. The normalized spacial score (nSPS) is 16.1. The number of hydrogen-bond donors (Lipinski definition) is 2. The van der Waals surface area contributed by atoms with E-state index in [9.17, 15) is 4.79 Å². The number of nitrogens with one attached hydrogen (secondary N) is 2. The fourth-order valence-electron chi connectivity index (χ4n) is 2.48. The van der Waals surface area contributed by atoms with E-state index in [-0.39, 0.29) is 12.1 Å². The average Bonchev–Trinajstić information content (AvgIpc) is 2.46. The highest BCUT2D eigenvalue weighted by Crippen LogP contribution is 2.15. The van der Waals surface area contributed by atoms with Gasteiger partial charge in [0.05, 0.1) is 6.04 Å². The van der Waals surface area contributed by atoms with E-state index in [0.717, 1.165) is 38.6 Å². The van der Waals surface area contributed by atoms with Gasteiger partial charge in [-0.25, -0.2) is 4.79 Å². The summed E-state index contributed by atoms with van der Waals surface area (Å²) in [5, 5.41) is 6.67. The summed E-state index contributed by atoms with van der Waals surface area (Å²) in [6, 6.07) is 0.228. The second-order valence-electron chi connectivity index (χ2n) is 7.11. The molecule has 1 aliphatic rings. The number of guanidine groups is 1. The molecule has 1 aliphatic heterocycles. The fourth-order valence-corrected chi connectivity index (χ4v) is 2.48. The Labute approximate surface area is 146 Å². The molecular formula is C17H35N5O2. The molecule has 0 aliphatic carbocycles. The van der Waals surface area contributed by atoms with E-state index < -0.39 is 5.60 Å². The summed E-state index contributed by atoms with van der Waals surface area (Å²) in [7, 11) is 1.77. The van der Waals surface area contributed by atoms with Crippen LogP contribution >= 0.6 is 0 Å². The Morgan fingerprint density at radius 3 is 2.42 bits per heavy atom. The Morgan fingerprint density at radius 2 is 1.92 bits per heavy atom. The van der Waals surface area contributed by atoms with Gasteiger partial charge in [-0.05, 0) is 46.8 Å². The summed E-state index contributed by atoms with van der Waals surface area (Å²) in [5.74, 6) is 0.795. The van der Waals surface area contributed by atoms with E-state index in [1.165, 1.54) is 0 Å². The number of nitrogens with zero attached hydrogens (tertiary/aromatic N) is 3. The van der Waals surface area contributed by atoms with Crippen LogP contribution in [0.3, 0.4) is 0 Å². The van der Waals surface area contributed by atoms with Crippen LogP contribution < -0.4 is 10.6 Å². The molecule has 0 aromatic carbocycles. The molecule has 7 heteroatoms. The first-order valence-electron chi connectivity index (χ1n) is 8.96. The zero-order valence-corrected chi connectivity index (χ0v) is 16.2. The van der Waals surface area contributed by atoms with Crippen LogP contribution in [-0.2, 0) is 4.74 Å². The molecule has 0 atom stereocenters. The Morgan fingerprint density at radius 1 is 1.29 bits per heavy atom. The molecule has 1 rings (SSSR count). The highest BCUT2D eigenvalue weighted by atomic mass is 16.6. The maximum Gasteiger partial charge on any atom is 0.410 e. The lowest BCUT2D eigenvalue weighted by Crippen LogP contribution is -2.63. The molecule has 0 saturated carbocycles. The molecule has 140 valence electrons. The van der Waals surface area contributed by atoms with Crippen LogP contribution in [0.2, 0.25) is 0 Å². The van der Waals surface area contributed by atoms with Crippen LogP contribution in [0.15, 0.2) is 4.99 Å². The van der Waals surface area contributed by atoms with Gasteiger partial charge < -0.3 is 25.2 Å². The minimum atomic E-state index is -0.446. The lowest BCUT2D eigenvalue weighted by Gasteiger charge is -2.40. The van der Waals surface area contributed by atoms with Crippen molar-refractivity contribution in [2.45, 2.75) is 52.7 Å². The Kier molecular flexibility index (Phi) is 8.31. The third-order valence-electron chi connectivity index (χ3n) is 3.94. The second kappa shape index (κ2) is 9.71. The zero-order chi connectivity index (χ0) is 18.2. The van der Waals surface area contributed by atoms with E-state index in [0.29, 0.717) is 13.1 Å². The third kappa shape index (κ3) is 7.38. The Bertz CT molecular complexity index is 410. The van der Waals surface area contributed by atoms with E-state index in [2.05, 4.69) is 34.4 Å². The van der Waals surface area contributed by atoms with Crippen molar-refractivity contribution in [2.75, 3.05) is 46.3 Å². The van der Waals surface area contributed by atoms with E-state index in [1.54, 1.807) is 11.9 Å². The quantitative estimate of drug-likeness (QED) is 0.417. The molecule has 2 N–H and O–H groups in total. The predicted molar refractivity (Wildman–Crippen MR) is 98.5 cm³/mol. The van der Waals surface area contributed by atoms with Crippen LogP contribution in [0.1, 0.15) is 41.0 Å². The Hall–Kier alpha value is -1.50. The molecular weight excluding hydrogens is 306 g/mol. The number of aliphatic imine (C=N–C) groups is 1. The summed E-state index contributed by atoms with van der Waals surface area (Å²) >= 11 is 0. The second-order valence-corrected chi connectivity index (χ2v) is 7.11. The Balaban J connectivity index is 2.21. The van der Waals surface area contributed by atoms with Crippen molar-refractivity contribution in [3.63, 3.8) is 0 Å². The first kappa shape index (κ1) is 20.5. The summed E-state index contributed by atoms with van der Waals surface area (Å²) in [5.41, 5.74) is -0.446. The molecule has 0 spiro atoms. The number of hydrogen-bond acceptors (Lipinski definition) is 4. The highest BCUT2D eigenvalue weighted by Gasteiger charge is 2.34. The van der Waals surface area contributed by atoms with Gasteiger partial charge in [-0.1, -0.05) is 13.8 Å². The summed E-state index contributed by atoms with van der Waals surface area (Å²) in [4.78, 5) is 20.3. The summed E-state index contributed by atoms with van der Waals surface area (Å²) in [6.07, 6.45) is 0.833. The number of carbonyl (C=O) groups excluding carboxylic acids is 1. The maximum absolute atomic E-state index is 11.9. The largest absolute Gasteiger partial charge is 0.444 e. The molecule has 0 aromatic heterocycles. The summed E-state index contributed by atoms with van der Waals surface area (Å²) < 4.78 is 5.35. The molecule has 1 heterocycles. The SMILES string of the molecule is CCN(CC)CCCNC(=NC)NC1CN(C(=O)OC(C)(C)C)C1. The van der Waals surface area contributed by atoms with Crippen LogP contribution in [0.4, 0.5) is 4.79 Å². The van der Waals surface area contributed by atoms with E-state index >= 15 is 0 Å². The molecule has 24 heavy (non-hydrogen) atoms. The van der Waals surface area contributed by atoms with Crippen molar-refractivity contribution in [3.05, 3.63) is 0 Å². The van der Waals surface area contributed by atoms with Gasteiger partial charge in [-0.3, -0.25) is 4.99 Å². The standard InChI is InChI=1S/C17H35N5O2/c1-7-21(8-2)11-9-10-19-15(18-6)20-14-12-22(13-14)16(23)24-17(3,4)5/h14H,7-13H2,1-6H3,(H2,18,19,20). The van der Waals surface area contributed by atoms with Crippen LogP contribution in [0.25, 0.3) is 0 Å². The average molecular weight is 342 g/mol. The number of likely N-dealkylation sites (tertiary alicyclic amines) is 1. The van der Waals surface area contributed by atoms with Crippen molar-refractivity contribution < 1.29 is 9.53 Å². The molecule has 1 saturated heterocycles. The number of rotatable bonds is 7.